The van der Waals surface area contributed by atoms with Crippen LogP contribution in [0.3, 0.4) is 0 Å². The van der Waals surface area contributed by atoms with E-state index in [1.54, 1.807) is 0 Å². The van der Waals surface area contributed by atoms with E-state index in [2.05, 4.69) is 20.5 Å². The molecule has 1 saturated heterocycles. The minimum Gasteiger partial charge on any atom is -0.391 e. The van der Waals surface area contributed by atoms with Crippen LogP contribution in [0.4, 0.5) is 0 Å². The standard InChI is InChI=1S/C19H30N4O2/c1-4-14(3)22-18(25)16-8-6-7-15(11-16)12-21-19(20-5-2)23-10-9-17(24)13-23/h6-8,11,14,17,24H,4-5,9-10,12-13H2,1-3H3,(H,20,21)(H,22,25)/t14?,17-/m1/s1. The van der Waals surface area contributed by atoms with E-state index < -0.39 is 0 Å². The monoisotopic (exact) mass is 346 g/mol. The van der Waals surface area contributed by atoms with Crippen molar-refractivity contribution in [2.24, 2.45) is 4.99 Å². The van der Waals surface area contributed by atoms with E-state index in [1.165, 1.54) is 0 Å². The van der Waals surface area contributed by atoms with Crippen molar-refractivity contribution in [3.05, 3.63) is 35.4 Å². The Morgan fingerprint density at radius 2 is 2.24 bits per heavy atom. The molecule has 6 nitrogen and oxygen atoms in total. The molecule has 0 aliphatic carbocycles. The van der Waals surface area contributed by atoms with Gasteiger partial charge in [-0.25, -0.2) is 4.99 Å². The first-order valence-corrected chi connectivity index (χ1v) is 9.14. The van der Waals surface area contributed by atoms with Crippen molar-refractivity contribution in [3.8, 4) is 0 Å². The van der Waals surface area contributed by atoms with Crippen LogP contribution in [0.15, 0.2) is 29.3 Å². The Labute approximate surface area is 150 Å². The number of aliphatic imine (C=N–C) groups is 1. The summed E-state index contributed by atoms with van der Waals surface area (Å²) in [7, 11) is 0. The van der Waals surface area contributed by atoms with Crippen molar-refractivity contribution in [2.45, 2.75) is 52.3 Å². The number of hydrogen-bond acceptors (Lipinski definition) is 3. The van der Waals surface area contributed by atoms with Crippen LogP contribution in [0.1, 0.15) is 49.5 Å². The Kier molecular flexibility index (Phi) is 7.25. The molecule has 1 aromatic rings. The van der Waals surface area contributed by atoms with E-state index in [1.807, 2.05) is 45.0 Å². The predicted molar refractivity (Wildman–Crippen MR) is 101 cm³/mol. The summed E-state index contributed by atoms with van der Waals surface area (Å²) in [6, 6.07) is 7.75. The van der Waals surface area contributed by atoms with E-state index in [0.717, 1.165) is 37.5 Å². The molecule has 0 bridgehead atoms. The van der Waals surface area contributed by atoms with Crippen LogP contribution in [0.5, 0.6) is 0 Å². The Morgan fingerprint density at radius 1 is 1.44 bits per heavy atom. The van der Waals surface area contributed by atoms with Gasteiger partial charge in [0.25, 0.3) is 5.91 Å². The van der Waals surface area contributed by atoms with E-state index in [-0.39, 0.29) is 18.1 Å². The molecule has 0 spiro atoms. The Bertz CT molecular complexity index is 603. The molecule has 6 heteroatoms. The van der Waals surface area contributed by atoms with Gasteiger partial charge in [0.2, 0.25) is 0 Å². The van der Waals surface area contributed by atoms with Gasteiger partial charge in [0, 0.05) is 31.2 Å². The fraction of sp³-hybridized carbons (Fsp3) is 0.579. The molecule has 1 heterocycles. The van der Waals surface area contributed by atoms with Gasteiger partial charge >= 0.3 is 0 Å². The van der Waals surface area contributed by atoms with Crippen LogP contribution < -0.4 is 10.6 Å². The fourth-order valence-electron chi connectivity index (χ4n) is 2.75. The number of rotatable bonds is 6. The molecule has 1 aromatic carbocycles. The maximum absolute atomic E-state index is 12.3. The number of amides is 1. The molecule has 1 fully saturated rings. The van der Waals surface area contributed by atoms with Crippen LogP contribution in [0.2, 0.25) is 0 Å². The lowest BCUT2D eigenvalue weighted by atomic mass is 10.1. The number of carbonyl (C=O) groups excluding carboxylic acids is 1. The highest BCUT2D eigenvalue weighted by Crippen LogP contribution is 2.11. The summed E-state index contributed by atoms with van der Waals surface area (Å²) in [6.07, 6.45) is 1.40. The molecule has 0 saturated carbocycles. The second-order valence-corrected chi connectivity index (χ2v) is 6.54. The van der Waals surface area contributed by atoms with E-state index in [0.29, 0.717) is 18.7 Å². The second-order valence-electron chi connectivity index (χ2n) is 6.54. The fourth-order valence-corrected chi connectivity index (χ4v) is 2.75. The minimum absolute atomic E-state index is 0.0465. The zero-order valence-electron chi connectivity index (χ0n) is 15.5. The molecule has 2 atom stereocenters. The Hall–Kier alpha value is -2.08. The first kappa shape index (κ1) is 19.2. The molecular formula is C19H30N4O2. The summed E-state index contributed by atoms with van der Waals surface area (Å²) in [5, 5.41) is 16.0. The zero-order valence-corrected chi connectivity index (χ0v) is 15.5. The number of carbonyl (C=O) groups is 1. The number of guanidine groups is 1. The van der Waals surface area contributed by atoms with Gasteiger partial charge < -0.3 is 20.6 Å². The number of aliphatic hydroxyl groups excluding tert-OH is 1. The van der Waals surface area contributed by atoms with Crippen LogP contribution >= 0.6 is 0 Å². The van der Waals surface area contributed by atoms with Gasteiger partial charge in [-0.1, -0.05) is 19.1 Å². The van der Waals surface area contributed by atoms with Crippen molar-refractivity contribution < 1.29 is 9.90 Å². The summed E-state index contributed by atoms with van der Waals surface area (Å²) in [6.45, 7) is 8.78. The number of nitrogens with zero attached hydrogens (tertiary/aromatic N) is 2. The lowest BCUT2D eigenvalue weighted by Crippen LogP contribution is -2.40. The molecule has 1 amide bonds. The maximum atomic E-state index is 12.3. The van der Waals surface area contributed by atoms with Gasteiger partial charge in [-0.2, -0.15) is 0 Å². The Morgan fingerprint density at radius 3 is 2.88 bits per heavy atom. The highest BCUT2D eigenvalue weighted by molar-refractivity contribution is 5.94. The van der Waals surface area contributed by atoms with Crippen molar-refractivity contribution in [2.75, 3.05) is 19.6 Å². The van der Waals surface area contributed by atoms with Gasteiger partial charge in [0.05, 0.1) is 12.6 Å². The third-order valence-corrected chi connectivity index (χ3v) is 4.39. The molecule has 3 N–H and O–H groups in total. The van der Waals surface area contributed by atoms with Gasteiger partial charge in [-0.15, -0.1) is 0 Å². The number of β-amino-alcohol motifs (C(OH)–C–C–N with tert-alkyl or cyclic N) is 1. The van der Waals surface area contributed by atoms with Crippen LogP contribution in [0, 0.1) is 0 Å². The first-order valence-electron chi connectivity index (χ1n) is 9.14. The van der Waals surface area contributed by atoms with Crippen LogP contribution in [-0.4, -0.2) is 53.7 Å². The number of likely N-dealkylation sites (tertiary alicyclic amines) is 1. The number of aliphatic hydroxyl groups is 1. The van der Waals surface area contributed by atoms with E-state index >= 15 is 0 Å². The molecule has 25 heavy (non-hydrogen) atoms. The predicted octanol–water partition coefficient (Wildman–Crippen LogP) is 1.75. The summed E-state index contributed by atoms with van der Waals surface area (Å²) in [5.74, 6) is 0.767. The van der Waals surface area contributed by atoms with Crippen LogP contribution in [-0.2, 0) is 6.54 Å². The lowest BCUT2D eigenvalue weighted by Gasteiger charge is -2.21. The maximum Gasteiger partial charge on any atom is 0.251 e. The van der Waals surface area contributed by atoms with Crippen LogP contribution in [0.25, 0.3) is 0 Å². The number of benzene rings is 1. The molecular weight excluding hydrogens is 316 g/mol. The van der Waals surface area contributed by atoms with Crippen molar-refractivity contribution in [1.82, 2.24) is 15.5 Å². The average molecular weight is 346 g/mol. The SMILES string of the molecule is CCNC(=NCc1cccc(C(=O)NC(C)CC)c1)N1CC[C@@H](O)C1. The molecule has 138 valence electrons. The number of hydrogen-bond donors (Lipinski definition) is 3. The third-order valence-electron chi connectivity index (χ3n) is 4.39. The summed E-state index contributed by atoms with van der Waals surface area (Å²) < 4.78 is 0. The quantitative estimate of drug-likeness (QED) is 0.542. The lowest BCUT2D eigenvalue weighted by molar-refractivity contribution is 0.0939. The van der Waals surface area contributed by atoms with E-state index in [9.17, 15) is 9.90 Å². The highest BCUT2D eigenvalue weighted by Gasteiger charge is 2.22. The van der Waals surface area contributed by atoms with Crippen molar-refractivity contribution >= 4 is 11.9 Å². The van der Waals surface area contributed by atoms with Gasteiger partial charge in [-0.05, 0) is 44.4 Å². The zero-order chi connectivity index (χ0) is 18.2. The smallest absolute Gasteiger partial charge is 0.251 e. The van der Waals surface area contributed by atoms with Gasteiger partial charge in [0.1, 0.15) is 0 Å². The second kappa shape index (κ2) is 9.42. The topological polar surface area (TPSA) is 77.0 Å². The molecule has 0 aromatic heterocycles. The van der Waals surface area contributed by atoms with Crippen molar-refractivity contribution in [1.29, 1.82) is 0 Å². The number of nitrogens with one attached hydrogen (secondary N) is 2. The largest absolute Gasteiger partial charge is 0.391 e. The molecule has 1 aliphatic rings. The summed E-state index contributed by atoms with van der Waals surface area (Å²) >= 11 is 0. The van der Waals surface area contributed by atoms with E-state index in [4.69, 9.17) is 0 Å². The molecule has 0 radical (unpaired) electrons. The highest BCUT2D eigenvalue weighted by atomic mass is 16.3. The normalized spacial score (nSPS) is 19.0. The molecule has 2 rings (SSSR count). The Balaban J connectivity index is 2.05. The van der Waals surface area contributed by atoms with Gasteiger partial charge in [-0.3, -0.25) is 4.79 Å². The van der Waals surface area contributed by atoms with Gasteiger partial charge in [0.15, 0.2) is 5.96 Å². The summed E-state index contributed by atoms with van der Waals surface area (Å²) in [4.78, 5) is 19.0. The third kappa shape index (κ3) is 5.74. The van der Waals surface area contributed by atoms with Crippen molar-refractivity contribution in [3.63, 3.8) is 0 Å². The summed E-state index contributed by atoms with van der Waals surface area (Å²) in [5.41, 5.74) is 1.65. The first-order chi connectivity index (χ1) is 12.0. The minimum atomic E-state index is -0.281. The molecule has 1 unspecified atom stereocenters. The average Bonchev–Trinajstić information content (AvgIpc) is 3.05. The molecule has 1 aliphatic heterocycles.